The smallest absolute Gasteiger partial charge is 0.237 e. The van der Waals surface area contributed by atoms with Crippen molar-refractivity contribution in [3.05, 3.63) is 0 Å². The van der Waals surface area contributed by atoms with Gasteiger partial charge in [0.2, 0.25) is 11.8 Å². The standard InChI is InChI=1S/C15H23Cl2N3O2/c1-10(12(21)18-11-3-4-11)19-5-7-20(8-6-19)13(22)14(2)9-15(14,16)17/h10-11H,3-9H2,1-2H3,(H,18,21). The van der Waals surface area contributed by atoms with E-state index < -0.39 is 9.75 Å². The van der Waals surface area contributed by atoms with Crippen molar-refractivity contribution >= 4 is 35.0 Å². The molecule has 2 aliphatic carbocycles. The number of piperazine rings is 1. The van der Waals surface area contributed by atoms with Gasteiger partial charge in [0.25, 0.3) is 0 Å². The molecule has 2 atom stereocenters. The van der Waals surface area contributed by atoms with Crippen molar-refractivity contribution in [3.63, 3.8) is 0 Å². The fourth-order valence-corrected chi connectivity index (χ4v) is 3.70. The van der Waals surface area contributed by atoms with Crippen LogP contribution in [-0.2, 0) is 9.59 Å². The lowest BCUT2D eigenvalue weighted by atomic mass is 10.1. The predicted molar refractivity (Wildman–Crippen MR) is 85.9 cm³/mol. The first-order chi connectivity index (χ1) is 10.2. The van der Waals surface area contributed by atoms with E-state index in [0.29, 0.717) is 38.6 Å². The van der Waals surface area contributed by atoms with Gasteiger partial charge in [-0.05, 0) is 33.1 Å². The normalized spacial score (nSPS) is 32.5. The SMILES string of the molecule is CC(C(=O)NC1CC1)N1CCN(C(=O)C2(C)CC2(Cl)Cl)CC1. The highest BCUT2D eigenvalue weighted by atomic mass is 35.5. The van der Waals surface area contributed by atoms with E-state index in [1.54, 1.807) is 0 Å². The van der Waals surface area contributed by atoms with Crippen molar-refractivity contribution in [2.45, 2.75) is 49.5 Å². The maximum Gasteiger partial charge on any atom is 0.237 e. The lowest BCUT2D eigenvalue weighted by molar-refractivity contribution is -0.139. The predicted octanol–water partition coefficient (Wildman–Crippen LogP) is 1.38. The zero-order valence-electron chi connectivity index (χ0n) is 13.1. The highest BCUT2D eigenvalue weighted by molar-refractivity contribution is 6.53. The average molecular weight is 348 g/mol. The molecule has 0 spiro atoms. The van der Waals surface area contributed by atoms with Crippen LogP contribution in [-0.4, -0.2) is 64.2 Å². The number of hydrogen-bond acceptors (Lipinski definition) is 3. The zero-order chi connectivity index (χ0) is 16.1. The van der Waals surface area contributed by atoms with Crippen LogP contribution < -0.4 is 5.32 Å². The molecule has 0 aromatic carbocycles. The summed E-state index contributed by atoms with van der Waals surface area (Å²) in [5.41, 5.74) is -0.646. The quantitative estimate of drug-likeness (QED) is 0.781. The molecule has 2 saturated carbocycles. The molecule has 3 fully saturated rings. The minimum absolute atomic E-state index is 0.0345. The van der Waals surface area contributed by atoms with Gasteiger partial charge in [-0.1, -0.05) is 0 Å². The Morgan fingerprint density at radius 1 is 1.18 bits per heavy atom. The van der Waals surface area contributed by atoms with Gasteiger partial charge < -0.3 is 10.2 Å². The third kappa shape index (κ3) is 2.95. The molecule has 22 heavy (non-hydrogen) atoms. The number of carbonyl (C=O) groups is 2. The van der Waals surface area contributed by atoms with E-state index in [1.165, 1.54) is 0 Å². The molecular formula is C15H23Cl2N3O2. The Labute approximate surface area is 141 Å². The largest absolute Gasteiger partial charge is 0.352 e. The third-order valence-corrected chi connectivity index (χ3v) is 6.28. The van der Waals surface area contributed by atoms with E-state index in [9.17, 15) is 9.59 Å². The summed E-state index contributed by atoms with van der Waals surface area (Å²) < 4.78 is -0.918. The lowest BCUT2D eigenvalue weighted by Gasteiger charge is -2.38. The molecule has 1 saturated heterocycles. The fraction of sp³-hybridized carbons (Fsp3) is 0.867. The van der Waals surface area contributed by atoms with E-state index in [-0.39, 0.29) is 17.9 Å². The summed E-state index contributed by atoms with van der Waals surface area (Å²) in [6.45, 7) is 6.42. The third-order valence-electron chi connectivity index (χ3n) is 5.18. The molecule has 2 unspecified atom stereocenters. The van der Waals surface area contributed by atoms with E-state index >= 15 is 0 Å². The minimum Gasteiger partial charge on any atom is -0.352 e. The van der Waals surface area contributed by atoms with Crippen LogP contribution in [0.1, 0.15) is 33.1 Å². The van der Waals surface area contributed by atoms with Gasteiger partial charge in [-0.25, -0.2) is 0 Å². The molecule has 0 radical (unpaired) electrons. The molecule has 1 N–H and O–H groups in total. The van der Waals surface area contributed by atoms with Gasteiger partial charge in [-0.2, -0.15) is 0 Å². The Morgan fingerprint density at radius 3 is 2.18 bits per heavy atom. The molecule has 0 bridgehead atoms. The monoisotopic (exact) mass is 347 g/mol. The summed E-state index contributed by atoms with van der Waals surface area (Å²) in [6.07, 6.45) is 2.71. The molecule has 1 heterocycles. The van der Waals surface area contributed by atoms with Gasteiger partial charge in [0.1, 0.15) is 4.33 Å². The van der Waals surface area contributed by atoms with Crippen LogP contribution in [0.15, 0.2) is 0 Å². The van der Waals surface area contributed by atoms with Gasteiger partial charge in [0, 0.05) is 32.2 Å². The van der Waals surface area contributed by atoms with Crippen LogP contribution in [0.25, 0.3) is 0 Å². The molecule has 1 aliphatic heterocycles. The fourth-order valence-electron chi connectivity index (χ4n) is 3.01. The Hall–Kier alpha value is -0.520. The topological polar surface area (TPSA) is 52.7 Å². The molecule has 124 valence electrons. The van der Waals surface area contributed by atoms with E-state index in [1.807, 2.05) is 18.7 Å². The van der Waals surface area contributed by atoms with Crippen molar-refractivity contribution < 1.29 is 9.59 Å². The molecule has 3 aliphatic rings. The van der Waals surface area contributed by atoms with Gasteiger partial charge in [0.05, 0.1) is 11.5 Å². The number of nitrogens with one attached hydrogen (secondary N) is 1. The maximum absolute atomic E-state index is 12.5. The number of alkyl halides is 2. The highest BCUT2D eigenvalue weighted by Crippen LogP contribution is 2.64. The number of halogens is 2. The molecule has 0 aromatic heterocycles. The van der Waals surface area contributed by atoms with Crippen molar-refractivity contribution in [2.75, 3.05) is 26.2 Å². The molecule has 3 rings (SSSR count). The van der Waals surface area contributed by atoms with Crippen LogP contribution in [0.4, 0.5) is 0 Å². The molecule has 5 nitrogen and oxygen atoms in total. The van der Waals surface area contributed by atoms with Gasteiger partial charge in [0.15, 0.2) is 0 Å². The van der Waals surface area contributed by atoms with Crippen LogP contribution in [0.2, 0.25) is 0 Å². The minimum atomic E-state index is -0.918. The number of hydrogen-bond donors (Lipinski definition) is 1. The Balaban J connectivity index is 1.50. The summed E-state index contributed by atoms with van der Waals surface area (Å²) in [5, 5.41) is 3.03. The Bertz CT molecular complexity index is 487. The van der Waals surface area contributed by atoms with Crippen LogP contribution in [0, 0.1) is 5.41 Å². The van der Waals surface area contributed by atoms with Crippen molar-refractivity contribution in [1.82, 2.24) is 15.1 Å². The summed E-state index contributed by atoms with van der Waals surface area (Å²) in [7, 11) is 0. The first kappa shape index (κ1) is 16.3. The Kier molecular flexibility index (Phi) is 4.11. The summed E-state index contributed by atoms with van der Waals surface area (Å²) in [6, 6.07) is 0.239. The van der Waals surface area contributed by atoms with Crippen LogP contribution >= 0.6 is 23.2 Å². The van der Waals surface area contributed by atoms with Crippen molar-refractivity contribution in [2.24, 2.45) is 5.41 Å². The van der Waals surface area contributed by atoms with E-state index in [0.717, 1.165) is 12.8 Å². The summed E-state index contributed by atoms with van der Waals surface area (Å²) in [5.74, 6) is 0.129. The lowest BCUT2D eigenvalue weighted by Crippen LogP contribution is -2.56. The number of nitrogens with zero attached hydrogens (tertiary/aromatic N) is 2. The van der Waals surface area contributed by atoms with Gasteiger partial charge >= 0.3 is 0 Å². The van der Waals surface area contributed by atoms with Crippen molar-refractivity contribution in [3.8, 4) is 0 Å². The Morgan fingerprint density at radius 2 is 1.73 bits per heavy atom. The van der Waals surface area contributed by atoms with Crippen LogP contribution in [0.3, 0.4) is 0 Å². The highest BCUT2D eigenvalue weighted by Gasteiger charge is 2.68. The van der Waals surface area contributed by atoms with Crippen molar-refractivity contribution in [1.29, 1.82) is 0 Å². The maximum atomic E-state index is 12.5. The molecular weight excluding hydrogens is 325 g/mol. The second-order valence-electron chi connectivity index (χ2n) is 7.00. The average Bonchev–Trinajstić information content (AvgIpc) is 3.37. The molecule has 2 amide bonds. The summed E-state index contributed by atoms with van der Waals surface area (Å²) >= 11 is 12.2. The zero-order valence-corrected chi connectivity index (χ0v) is 14.6. The first-order valence-corrected chi connectivity index (χ1v) is 8.72. The molecule has 0 aromatic rings. The second kappa shape index (κ2) is 5.53. The van der Waals surface area contributed by atoms with E-state index in [4.69, 9.17) is 23.2 Å². The van der Waals surface area contributed by atoms with Gasteiger partial charge in [-0.3, -0.25) is 14.5 Å². The number of amides is 2. The number of carbonyl (C=O) groups excluding carboxylic acids is 2. The number of rotatable bonds is 4. The summed E-state index contributed by atoms with van der Waals surface area (Å²) in [4.78, 5) is 28.6. The van der Waals surface area contributed by atoms with E-state index in [2.05, 4.69) is 10.2 Å². The van der Waals surface area contributed by atoms with Crippen LogP contribution in [0.5, 0.6) is 0 Å². The van der Waals surface area contributed by atoms with Gasteiger partial charge in [-0.15, -0.1) is 23.2 Å². The first-order valence-electron chi connectivity index (χ1n) is 7.96. The second-order valence-corrected chi connectivity index (χ2v) is 8.48. The molecule has 7 heteroatoms.